The molecule has 4 rings (SSSR count). The summed E-state index contributed by atoms with van der Waals surface area (Å²) in [4.78, 5) is 32.6. The van der Waals surface area contributed by atoms with Gasteiger partial charge >= 0.3 is 6.18 Å². The summed E-state index contributed by atoms with van der Waals surface area (Å²) in [5.41, 5.74) is 3.29. The van der Waals surface area contributed by atoms with Gasteiger partial charge in [0.05, 0.1) is 34.3 Å². The molecule has 192 valence electrons. The number of halogens is 3. The minimum Gasteiger partial charge on any atom is -0.391 e. The number of carbonyl (C=O) groups excluding carboxylic acids is 2. The molecule has 2 amide bonds. The summed E-state index contributed by atoms with van der Waals surface area (Å²) in [7, 11) is 1.16. The summed E-state index contributed by atoms with van der Waals surface area (Å²) in [6.45, 7) is 3.35. The maximum Gasteiger partial charge on any atom is 0.433 e. The molecule has 12 heteroatoms. The maximum absolute atomic E-state index is 13.5. The predicted octanol–water partition coefficient (Wildman–Crippen LogP) is 3.25. The molecular formula is C24H26F3N5O3S. The largest absolute Gasteiger partial charge is 0.433 e. The van der Waals surface area contributed by atoms with Gasteiger partial charge in [-0.25, -0.2) is 4.98 Å². The molecule has 0 bridgehead atoms. The van der Waals surface area contributed by atoms with Crippen LogP contribution in [0.1, 0.15) is 41.8 Å². The summed E-state index contributed by atoms with van der Waals surface area (Å²) in [6, 6.07) is 6.64. The van der Waals surface area contributed by atoms with E-state index < -0.39 is 41.7 Å². The molecule has 2 aromatic heterocycles. The number of aliphatic hydroxyl groups is 1. The van der Waals surface area contributed by atoms with Crippen LogP contribution in [0.2, 0.25) is 0 Å². The van der Waals surface area contributed by atoms with E-state index in [1.807, 2.05) is 31.2 Å². The third-order valence-corrected chi connectivity index (χ3v) is 7.34. The number of likely N-dealkylation sites (tertiary alicyclic amines) is 1. The molecule has 3 atom stereocenters. The van der Waals surface area contributed by atoms with Crippen LogP contribution in [0.15, 0.2) is 36.0 Å². The Kier molecular flexibility index (Phi) is 7.19. The molecular weight excluding hydrogens is 495 g/mol. The Morgan fingerprint density at radius 3 is 2.58 bits per heavy atom. The molecule has 2 N–H and O–H groups in total. The van der Waals surface area contributed by atoms with Gasteiger partial charge in [0, 0.05) is 32.1 Å². The molecule has 8 nitrogen and oxygen atoms in total. The molecule has 3 heterocycles. The Morgan fingerprint density at radius 2 is 1.97 bits per heavy atom. The van der Waals surface area contributed by atoms with Gasteiger partial charge in [0.25, 0.3) is 0 Å². The van der Waals surface area contributed by atoms with E-state index in [2.05, 4.69) is 15.4 Å². The molecule has 0 saturated carbocycles. The van der Waals surface area contributed by atoms with E-state index in [-0.39, 0.29) is 25.1 Å². The van der Waals surface area contributed by atoms with Gasteiger partial charge in [-0.1, -0.05) is 24.3 Å². The number of hydrogen-bond acceptors (Lipinski definition) is 6. The van der Waals surface area contributed by atoms with Crippen molar-refractivity contribution in [3.8, 4) is 10.4 Å². The third kappa shape index (κ3) is 5.14. The van der Waals surface area contributed by atoms with E-state index in [9.17, 15) is 27.9 Å². The highest BCUT2D eigenvalue weighted by Gasteiger charge is 2.44. The number of β-amino-alcohol motifs (C(OH)–C–C–N with tert-alkyl or cyclic N) is 1. The van der Waals surface area contributed by atoms with E-state index in [1.54, 1.807) is 16.8 Å². The van der Waals surface area contributed by atoms with Crippen LogP contribution in [0.5, 0.6) is 0 Å². The number of alkyl halides is 3. The summed E-state index contributed by atoms with van der Waals surface area (Å²) in [6.07, 6.45) is -4.61. The van der Waals surface area contributed by atoms with Crippen LogP contribution in [0.4, 0.5) is 13.2 Å². The first-order valence-electron chi connectivity index (χ1n) is 11.3. The van der Waals surface area contributed by atoms with E-state index in [4.69, 9.17) is 0 Å². The number of aryl methyl sites for hydroxylation is 2. The van der Waals surface area contributed by atoms with Crippen molar-refractivity contribution in [2.75, 3.05) is 6.54 Å². The molecule has 3 aromatic rings. The van der Waals surface area contributed by atoms with Crippen LogP contribution >= 0.6 is 11.3 Å². The second-order valence-corrected chi connectivity index (χ2v) is 9.72. The maximum atomic E-state index is 13.5. The van der Waals surface area contributed by atoms with Crippen molar-refractivity contribution in [2.45, 2.75) is 51.1 Å². The minimum atomic E-state index is -4.69. The smallest absolute Gasteiger partial charge is 0.391 e. The van der Waals surface area contributed by atoms with Crippen LogP contribution in [0.3, 0.4) is 0 Å². The number of thiazole rings is 1. The summed E-state index contributed by atoms with van der Waals surface area (Å²) >= 11 is 1.54. The van der Waals surface area contributed by atoms with E-state index in [1.165, 1.54) is 6.92 Å². The Hall–Kier alpha value is -3.25. The Balaban J connectivity index is 1.44. The average Bonchev–Trinajstić information content (AvgIpc) is 3.54. The van der Waals surface area contributed by atoms with E-state index >= 15 is 0 Å². The van der Waals surface area contributed by atoms with Crippen LogP contribution in [-0.4, -0.2) is 55.3 Å². The van der Waals surface area contributed by atoms with Crippen molar-refractivity contribution in [2.24, 2.45) is 7.05 Å². The monoisotopic (exact) mass is 521 g/mol. The molecule has 1 aliphatic heterocycles. The van der Waals surface area contributed by atoms with E-state index in [0.29, 0.717) is 4.68 Å². The number of carbonyl (C=O) groups is 2. The molecule has 1 saturated heterocycles. The van der Waals surface area contributed by atoms with Gasteiger partial charge in [-0.05, 0) is 25.0 Å². The first kappa shape index (κ1) is 25.8. The number of hydrogen-bond donors (Lipinski definition) is 2. The Morgan fingerprint density at radius 1 is 1.28 bits per heavy atom. The van der Waals surface area contributed by atoms with Crippen LogP contribution in [0, 0.1) is 6.92 Å². The lowest BCUT2D eigenvalue weighted by Crippen LogP contribution is -2.47. The Labute approximate surface area is 209 Å². The zero-order chi connectivity index (χ0) is 26.2. The summed E-state index contributed by atoms with van der Waals surface area (Å²) in [5, 5.41) is 16.6. The van der Waals surface area contributed by atoms with E-state index in [0.717, 1.165) is 39.8 Å². The molecule has 0 spiro atoms. The highest BCUT2D eigenvalue weighted by molar-refractivity contribution is 7.13. The molecule has 0 radical (unpaired) electrons. The average molecular weight is 522 g/mol. The van der Waals surface area contributed by atoms with Gasteiger partial charge in [-0.3, -0.25) is 14.3 Å². The molecule has 0 aliphatic carbocycles. The van der Waals surface area contributed by atoms with Crippen molar-refractivity contribution < 1.29 is 27.9 Å². The lowest BCUT2D eigenvalue weighted by molar-refractivity contribution is -0.145. The van der Waals surface area contributed by atoms with Gasteiger partial charge < -0.3 is 15.3 Å². The zero-order valence-electron chi connectivity index (χ0n) is 19.9. The Bertz CT molecular complexity index is 1250. The predicted molar refractivity (Wildman–Crippen MR) is 127 cm³/mol. The number of amides is 2. The van der Waals surface area contributed by atoms with Gasteiger partial charge in [0.15, 0.2) is 0 Å². The van der Waals surface area contributed by atoms with Gasteiger partial charge in [-0.15, -0.1) is 11.3 Å². The van der Waals surface area contributed by atoms with Crippen molar-refractivity contribution >= 4 is 23.2 Å². The number of aromatic nitrogens is 3. The quantitative estimate of drug-likeness (QED) is 0.519. The molecule has 36 heavy (non-hydrogen) atoms. The number of benzene rings is 1. The molecule has 1 aromatic carbocycles. The first-order chi connectivity index (χ1) is 17.0. The minimum absolute atomic E-state index is 0.00700. The van der Waals surface area contributed by atoms with Gasteiger partial charge in [0.1, 0.15) is 11.7 Å². The van der Waals surface area contributed by atoms with Gasteiger partial charge in [-0.2, -0.15) is 18.3 Å². The molecule has 1 unspecified atom stereocenters. The fourth-order valence-corrected chi connectivity index (χ4v) is 5.28. The topological polar surface area (TPSA) is 100 Å². The fourth-order valence-electron chi connectivity index (χ4n) is 4.47. The number of aliphatic hydroxyl groups excluding tert-OH is 1. The van der Waals surface area contributed by atoms with Crippen molar-refractivity contribution in [1.29, 1.82) is 0 Å². The van der Waals surface area contributed by atoms with Crippen LogP contribution < -0.4 is 5.32 Å². The number of nitrogens with zero attached hydrogens (tertiary/aromatic N) is 4. The SMILES string of the molecule is Cc1ncsc1-c1ccc(CNC(=O)[C@@H]2C[C@@H](O)CN2C(=O)C(C)c2cnn(C)c2C(F)(F)F)cc1. The fraction of sp³-hybridized carbons (Fsp3) is 0.417. The summed E-state index contributed by atoms with van der Waals surface area (Å²) < 4.78 is 41.2. The van der Waals surface area contributed by atoms with Crippen molar-refractivity contribution in [1.82, 2.24) is 25.0 Å². The molecule has 1 fully saturated rings. The normalized spacial score (nSPS) is 18.9. The van der Waals surface area contributed by atoms with Crippen LogP contribution in [0.25, 0.3) is 10.4 Å². The lowest BCUT2D eigenvalue weighted by atomic mass is 9.99. The number of rotatable bonds is 6. The van der Waals surface area contributed by atoms with Crippen molar-refractivity contribution in [3.05, 3.63) is 58.5 Å². The first-order valence-corrected chi connectivity index (χ1v) is 12.2. The zero-order valence-corrected chi connectivity index (χ0v) is 20.7. The van der Waals surface area contributed by atoms with Gasteiger partial charge in [0.2, 0.25) is 11.8 Å². The third-order valence-electron chi connectivity index (χ3n) is 6.37. The highest BCUT2D eigenvalue weighted by atomic mass is 32.1. The second kappa shape index (κ2) is 10.0. The standard InChI is InChI=1S/C24H26F3N5O3S/c1-13(18-10-30-31(3)21(18)24(25,26)27)23(35)32-11-17(33)8-19(32)22(34)28-9-15-4-6-16(7-5-15)20-14(2)29-12-36-20/h4-7,10,12-13,17,19,33H,8-9,11H2,1-3H3,(H,28,34)/t13?,17-,19+/m1/s1. The lowest BCUT2D eigenvalue weighted by Gasteiger charge is -2.27. The highest BCUT2D eigenvalue weighted by Crippen LogP contribution is 2.36. The second-order valence-electron chi connectivity index (χ2n) is 8.87. The summed E-state index contributed by atoms with van der Waals surface area (Å²) in [5.74, 6) is -2.34. The number of nitrogens with one attached hydrogen (secondary N) is 1. The molecule has 1 aliphatic rings. The van der Waals surface area contributed by atoms with Crippen molar-refractivity contribution in [3.63, 3.8) is 0 Å². The van der Waals surface area contributed by atoms with Crippen LogP contribution in [-0.2, 0) is 29.4 Å².